The zero-order valence-corrected chi connectivity index (χ0v) is 18.4. The van der Waals surface area contributed by atoms with Crippen LogP contribution in [0.1, 0.15) is 50.5 Å². The van der Waals surface area contributed by atoms with Gasteiger partial charge in [-0.3, -0.25) is 9.59 Å². The van der Waals surface area contributed by atoms with Crippen molar-refractivity contribution >= 4 is 21.9 Å². The molecule has 7 nitrogen and oxygen atoms in total. The van der Waals surface area contributed by atoms with E-state index in [2.05, 4.69) is 5.32 Å². The third-order valence-corrected chi connectivity index (χ3v) is 7.80. The van der Waals surface area contributed by atoms with Crippen molar-refractivity contribution < 1.29 is 35.9 Å². The monoisotopic (exact) mass is 476 g/mol. The molecule has 11 heteroatoms. The fourth-order valence-electron chi connectivity index (χ4n) is 4.08. The van der Waals surface area contributed by atoms with E-state index < -0.39 is 38.5 Å². The van der Waals surface area contributed by atoms with Gasteiger partial charge in [-0.25, -0.2) is 8.42 Å². The molecular formula is C21H27F3N2O5S. The van der Waals surface area contributed by atoms with Crippen LogP contribution in [0.25, 0.3) is 0 Å². The van der Waals surface area contributed by atoms with Gasteiger partial charge in [-0.15, -0.1) is 0 Å². The average Bonchev–Trinajstić information content (AvgIpc) is 2.78. The van der Waals surface area contributed by atoms with Crippen LogP contribution in [0.2, 0.25) is 0 Å². The van der Waals surface area contributed by atoms with E-state index in [4.69, 9.17) is 4.74 Å². The summed E-state index contributed by atoms with van der Waals surface area (Å²) in [6, 6.07) is 3.71. The van der Waals surface area contributed by atoms with Gasteiger partial charge < -0.3 is 10.1 Å². The summed E-state index contributed by atoms with van der Waals surface area (Å²) in [5.74, 6) is -1.49. The van der Waals surface area contributed by atoms with E-state index in [1.54, 1.807) is 0 Å². The summed E-state index contributed by atoms with van der Waals surface area (Å²) in [7, 11) is -4.12. The minimum absolute atomic E-state index is 0.0212. The lowest BCUT2D eigenvalue weighted by Crippen LogP contribution is -2.42. The SMILES string of the molecule is O=C(COC(=O)C1CCN(S(=O)(=O)c2cccc(C(F)(F)F)c2)CC1)NC1CCCCC1. The molecule has 2 fully saturated rings. The second-order valence-electron chi connectivity index (χ2n) is 8.21. The summed E-state index contributed by atoms with van der Waals surface area (Å²) in [4.78, 5) is 23.8. The van der Waals surface area contributed by atoms with Crippen LogP contribution in [0.5, 0.6) is 0 Å². The average molecular weight is 477 g/mol. The Labute approximate surface area is 185 Å². The number of halogens is 3. The lowest BCUT2D eigenvalue weighted by atomic mass is 9.95. The maximum absolute atomic E-state index is 12.9. The summed E-state index contributed by atoms with van der Waals surface area (Å²) in [6.45, 7) is -0.419. The van der Waals surface area contributed by atoms with Crippen LogP contribution in [0.4, 0.5) is 13.2 Å². The lowest BCUT2D eigenvalue weighted by molar-refractivity contribution is -0.153. The van der Waals surface area contributed by atoms with Gasteiger partial charge in [0.25, 0.3) is 5.91 Å². The van der Waals surface area contributed by atoms with Crippen molar-refractivity contribution in [2.75, 3.05) is 19.7 Å². The minimum Gasteiger partial charge on any atom is -0.455 e. The van der Waals surface area contributed by atoms with Crippen molar-refractivity contribution in [3.8, 4) is 0 Å². The van der Waals surface area contributed by atoms with Gasteiger partial charge in [0.15, 0.2) is 6.61 Å². The molecule has 0 unspecified atom stereocenters. The largest absolute Gasteiger partial charge is 0.455 e. The number of hydrogen-bond acceptors (Lipinski definition) is 5. The first-order valence-electron chi connectivity index (χ1n) is 10.7. The third kappa shape index (κ3) is 6.22. The third-order valence-electron chi connectivity index (χ3n) is 5.90. The number of piperidine rings is 1. The lowest BCUT2D eigenvalue weighted by Gasteiger charge is -2.30. The van der Waals surface area contributed by atoms with Crippen LogP contribution in [0, 0.1) is 5.92 Å². The number of nitrogens with one attached hydrogen (secondary N) is 1. The van der Waals surface area contributed by atoms with E-state index in [9.17, 15) is 31.2 Å². The molecule has 2 aliphatic rings. The minimum atomic E-state index is -4.65. The Morgan fingerprint density at radius 3 is 2.34 bits per heavy atom. The van der Waals surface area contributed by atoms with Crippen LogP contribution < -0.4 is 5.32 Å². The molecule has 1 heterocycles. The number of benzene rings is 1. The van der Waals surface area contributed by atoms with Gasteiger partial charge in [0.1, 0.15) is 0 Å². The van der Waals surface area contributed by atoms with Crippen LogP contribution in [0.15, 0.2) is 29.2 Å². The van der Waals surface area contributed by atoms with Gasteiger partial charge in [-0.1, -0.05) is 25.3 Å². The van der Waals surface area contributed by atoms with Crippen molar-refractivity contribution in [1.29, 1.82) is 0 Å². The van der Waals surface area contributed by atoms with Crippen molar-refractivity contribution in [2.24, 2.45) is 5.92 Å². The van der Waals surface area contributed by atoms with E-state index in [-0.39, 0.29) is 44.5 Å². The molecule has 1 saturated carbocycles. The van der Waals surface area contributed by atoms with Crippen LogP contribution >= 0.6 is 0 Å². The summed E-state index contributed by atoms with van der Waals surface area (Å²) in [6.07, 6.45) is 0.800. The number of ether oxygens (including phenoxy) is 1. The number of rotatable bonds is 6. The topological polar surface area (TPSA) is 92.8 Å². The second kappa shape index (κ2) is 10.2. The smallest absolute Gasteiger partial charge is 0.416 e. The van der Waals surface area contributed by atoms with E-state index in [1.807, 2.05) is 0 Å². The number of nitrogens with zero attached hydrogens (tertiary/aromatic N) is 1. The van der Waals surface area contributed by atoms with Crippen LogP contribution in [-0.2, 0) is 30.5 Å². The molecule has 1 aliphatic carbocycles. The molecule has 1 N–H and O–H groups in total. The van der Waals surface area contributed by atoms with Gasteiger partial charge in [-0.2, -0.15) is 17.5 Å². The number of hydrogen-bond donors (Lipinski definition) is 1. The number of carbonyl (C=O) groups is 2. The number of esters is 1. The predicted octanol–water partition coefficient (Wildman–Crippen LogP) is 3.10. The Bertz CT molecular complexity index is 922. The van der Waals surface area contributed by atoms with E-state index in [1.165, 1.54) is 0 Å². The van der Waals surface area contributed by atoms with Gasteiger partial charge in [-0.05, 0) is 43.9 Å². The van der Waals surface area contributed by atoms with Crippen LogP contribution in [-0.4, -0.2) is 50.3 Å². The Hall–Kier alpha value is -2.14. The molecule has 32 heavy (non-hydrogen) atoms. The van der Waals surface area contributed by atoms with Gasteiger partial charge in [0.2, 0.25) is 10.0 Å². The quantitative estimate of drug-likeness (QED) is 0.637. The zero-order valence-electron chi connectivity index (χ0n) is 17.6. The highest BCUT2D eigenvalue weighted by molar-refractivity contribution is 7.89. The van der Waals surface area contributed by atoms with Gasteiger partial charge in [0, 0.05) is 19.1 Å². The Morgan fingerprint density at radius 2 is 1.72 bits per heavy atom. The van der Waals surface area contributed by atoms with Crippen molar-refractivity contribution in [2.45, 2.75) is 62.1 Å². The van der Waals surface area contributed by atoms with Crippen molar-refractivity contribution in [1.82, 2.24) is 9.62 Å². The molecule has 0 radical (unpaired) electrons. The predicted molar refractivity (Wildman–Crippen MR) is 109 cm³/mol. The number of sulfonamides is 1. The normalized spacial score (nSPS) is 19.5. The molecule has 1 amide bonds. The molecular weight excluding hydrogens is 449 g/mol. The molecule has 3 rings (SSSR count). The number of carbonyl (C=O) groups excluding carboxylic acids is 2. The summed E-state index contributed by atoms with van der Waals surface area (Å²) in [5, 5.41) is 2.85. The number of amides is 1. The maximum Gasteiger partial charge on any atom is 0.416 e. The summed E-state index contributed by atoms with van der Waals surface area (Å²) < 4.78 is 70.4. The Kier molecular flexibility index (Phi) is 7.81. The molecule has 1 aliphatic heterocycles. The van der Waals surface area contributed by atoms with Gasteiger partial charge >= 0.3 is 12.1 Å². The van der Waals surface area contributed by atoms with E-state index in [0.717, 1.165) is 54.6 Å². The highest BCUT2D eigenvalue weighted by Crippen LogP contribution is 2.32. The molecule has 178 valence electrons. The first-order valence-corrected chi connectivity index (χ1v) is 12.1. The molecule has 1 aromatic carbocycles. The fraction of sp³-hybridized carbons (Fsp3) is 0.619. The molecule has 0 aromatic heterocycles. The Balaban J connectivity index is 1.49. The Morgan fingerprint density at radius 1 is 1.06 bits per heavy atom. The highest BCUT2D eigenvalue weighted by Gasteiger charge is 2.35. The van der Waals surface area contributed by atoms with E-state index >= 15 is 0 Å². The van der Waals surface area contributed by atoms with Crippen molar-refractivity contribution in [3.63, 3.8) is 0 Å². The molecule has 1 saturated heterocycles. The van der Waals surface area contributed by atoms with Crippen molar-refractivity contribution in [3.05, 3.63) is 29.8 Å². The molecule has 1 aromatic rings. The van der Waals surface area contributed by atoms with Crippen LogP contribution in [0.3, 0.4) is 0 Å². The molecule has 0 spiro atoms. The van der Waals surface area contributed by atoms with E-state index in [0.29, 0.717) is 6.07 Å². The number of alkyl halides is 3. The first-order chi connectivity index (χ1) is 15.1. The maximum atomic E-state index is 12.9. The highest BCUT2D eigenvalue weighted by atomic mass is 32.2. The molecule has 0 atom stereocenters. The first kappa shape index (κ1) is 24.5. The zero-order chi connectivity index (χ0) is 23.4. The summed E-state index contributed by atoms with van der Waals surface area (Å²) in [5.41, 5.74) is -1.04. The molecule has 0 bridgehead atoms. The summed E-state index contributed by atoms with van der Waals surface area (Å²) >= 11 is 0. The van der Waals surface area contributed by atoms with Gasteiger partial charge in [0.05, 0.1) is 16.4 Å². The second-order valence-corrected chi connectivity index (χ2v) is 10.2. The fourth-order valence-corrected chi connectivity index (χ4v) is 5.60. The standard InChI is InChI=1S/C21H27F3N2O5S/c22-21(23,24)16-5-4-8-18(13-16)32(29,30)26-11-9-15(10-12-26)20(28)31-14-19(27)25-17-6-2-1-3-7-17/h4-5,8,13,15,17H,1-3,6-7,9-12,14H2,(H,25,27).